The molecule has 2 rings (SSSR count). The molecule has 1 aliphatic rings. The van der Waals surface area contributed by atoms with Crippen LogP contribution in [0.15, 0.2) is 18.2 Å². The standard InChI is InChI=1S/C17H21ClF2N2O4/c1-2-21(10-15(23)24)12-5-7-22(8-6-12)16(25)13-9-11(18)3-4-14(13)26-17(19)20/h3-4,9,12,17H,2,5-8,10H2,1H3,(H,23,24). The van der Waals surface area contributed by atoms with Crippen LogP contribution >= 0.6 is 11.6 Å². The normalized spacial score (nSPS) is 15.5. The molecule has 0 aromatic heterocycles. The van der Waals surface area contributed by atoms with Crippen molar-refractivity contribution in [3.8, 4) is 5.75 Å². The number of carboxylic acids is 1. The summed E-state index contributed by atoms with van der Waals surface area (Å²) < 4.78 is 29.5. The van der Waals surface area contributed by atoms with E-state index in [1.54, 1.807) is 4.90 Å². The van der Waals surface area contributed by atoms with Gasteiger partial charge in [0.05, 0.1) is 12.1 Å². The molecule has 1 fully saturated rings. The summed E-state index contributed by atoms with van der Waals surface area (Å²) in [5, 5.41) is 9.22. The van der Waals surface area contributed by atoms with E-state index in [-0.39, 0.29) is 28.9 Å². The third-order valence-electron chi connectivity index (χ3n) is 4.40. The number of ether oxygens (including phenoxy) is 1. The summed E-state index contributed by atoms with van der Waals surface area (Å²) in [6.45, 7) is 0.213. The van der Waals surface area contributed by atoms with Gasteiger partial charge in [0.25, 0.3) is 5.91 Å². The molecule has 1 aromatic carbocycles. The van der Waals surface area contributed by atoms with Gasteiger partial charge in [-0.05, 0) is 37.6 Å². The van der Waals surface area contributed by atoms with Gasteiger partial charge in [0.1, 0.15) is 5.75 Å². The maximum atomic E-state index is 12.7. The van der Waals surface area contributed by atoms with Crippen molar-refractivity contribution in [2.24, 2.45) is 0 Å². The average molecular weight is 391 g/mol. The lowest BCUT2D eigenvalue weighted by molar-refractivity contribution is -0.139. The van der Waals surface area contributed by atoms with Crippen LogP contribution in [0.2, 0.25) is 5.02 Å². The van der Waals surface area contributed by atoms with Gasteiger partial charge in [0.15, 0.2) is 0 Å². The Balaban J connectivity index is 2.06. The highest BCUT2D eigenvalue weighted by Crippen LogP contribution is 2.27. The minimum Gasteiger partial charge on any atom is -0.480 e. The first-order chi connectivity index (χ1) is 12.3. The predicted molar refractivity (Wildman–Crippen MR) is 91.9 cm³/mol. The quantitative estimate of drug-likeness (QED) is 0.775. The Labute approximate surface area is 155 Å². The highest BCUT2D eigenvalue weighted by Gasteiger charge is 2.29. The number of aliphatic carboxylic acids is 1. The van der Waals surface area contributed by atoms with Gasteiger partial charge < -0.3 is 14.7 Å². The maximum Gasteiger partial charge on any atom is 0.387 e. The van der Waals surface area contributed by atoms with Crippen LogP contribution in [0.5, 0.6) is 5.75 Å². The molecule has 1 aromatic rings. The number of alkyl halides is 2. The number of hydrogen-bond donors (Lipinski definition) is 1. The van der Waals surface area contributed by atoms with Crippen LogP contribution in [0, 0.1) is 0 Å². The Bertz CT molecular complexity index is 652. The lowest BCUT2D eigenvalue weighted by atomic mass is 10.0. The number of carbonyl (C=O) groups excluding carboxylic acids is 1. The average Bonchev–Trinajstić information content (AvgIpc) is 2.60. The number of benzene rings is 1. The second-order valence-electron chi connectivity index (χ2n) is 6.00. The zero-order valence-electron chi connectivity index (χ0n) is 14.3. The monoisotopic (exact) mass is 390 g/mol. The molecule has 1 aliphatic heterocycles. The van der Waals surface area contributed by atoms with Crippen LogP contribution in [0.4, 0.5) is 8.78 Å². The first-order valence-electron chi connectivity index (χ1n) is 8.31. The minimum atomic E-state index is -3.04. The van der Waals surface area contributed by atoms with Gasteiger partial charge in [-0.15, -0.1) is 0 Å². The van der Waals surface area contributed by atoms with Gasteiger partial charge in [-0.25, -0.2) is 0 Å². The van der Waals surface area contributed by atoms with E-state index in [2.05, 4.69) is 4.74 Å². The Morgan fingerprint density at radius 2 is 2.04 bits per heavy atom. The topological polar surface area (TPSA) is 70.1 Å². The van der Waals surface area contributed by atoms with Gasteiger partial charge >= 0.3 is 12.6 Å². The molecule has 0 bridgehead atoms. The Kier molecular flexibility index (Phi) is 7.16. The van der Waals surface area contributed by atoms with Crippen LogP contribution in [-0.2, 0) is 4.79 Å². The van der Waals surface area contributed by atoms with Crippen LogP contribution in [0.1, 0.15) is 30.1 Å². The Morgan fingerprint density at radius 3 is 2.58 bits per heavy atom. The number of nitrogens with zero attached hydrogens (tertiary/aromatic N) is 2. The molecule has 1 amide bonds. The van der Waals surface area contributed by atoms with Crippen molar-refractivity contribution >= 4 is 23.5 Å². The van der Waals surface area contributed by atoms with Gasteiger partial charge in [-0.2, -0.15) is 8.78 Å². The van der Waals surface area contributed by atoms with Gasteiger partial charge in [0, 0.05) is 24.2 Å². The van der Waals surface area contributed by atoms with Crippen LogP contribution in [-0.4, -0.2) is 65.6 Å². The van der Waals surface area contributed by atoms with Crippen molar-refractivity contribution in [1.29, 1.82) is 0 Å². The van der Waals surface area contributed by atoms with E-state index < -0.39 is 18.5 Å². The third-order valence-corrected chi connectivity index (χ3v) is 4.64. The van der Waals surface area contributed by atoms with Crippen molar-refractivity contribution in [2.45, 2.75) is 32.4 Å². The summed E-state index contributed by atoms with van der Waals surface area (Å²) >= 11 is 5.89. The van der Waals surface area contributed by atoms with E-state index >= 15 is 0 Å². The van der Waals surface area contributed by atoms with E-state index in [0.29, 0.717) is 32.5 Å². The highest BCUT2D eigenvalue weighted by atomic mass is 35.5. The molecule has 1 N–H and O–H groups in total. The molecular formula is C17H21ClF2N2O4. The zero-order valence-corrected chi connectivity index (χ0v) is 15.1. The van der Waals surface area contributed by atoms with E-state index in [9.17, 15) is 18.4 Å². The number of piperidine rings is 1. The van der Waals surface area contributed by atoms with Crippen LogP contribution in [0.25, 0.3) is 0 Å². The fraction of sp³-hybridized carbons (Fsp3) is 0.529. The Morgan fingerprint density at radius 1 is 1.38 bits per heavy atom. The number of likely N-dealkylation sites (N-methyl/N-ethyl adjacent to an activating group) is 1. The fourth-order valence-corrected chi connectivity index (χ4v) is 3.32. The smallest absolute Gasteiger partial charge is 0.387 e. The molecule has 0 atom stereocenters. The molecule has 0 aliphatic carbocycles. The second-order valence-corrected chi connectivity index (χ2v) is 6.44. The molecule has 0 unspecified atom stereocenters. The lowest BCUT2D eigenvalue weighted by Crippen LogP contribution is -2.48. The highest BCUT2D eigenvalue weighted by molar-refractivity contribution is 6.31. The molecule has 1 heterocycles. The van der Waals surface area contributed by atoms with Crippen molar-refractivity contribution in [3.63, 3.8) is 0 Å². The number of amides is 1. The number of rotatable bonds is 7. The molecule has 0 radical (unpaired) electrons. The SMILES string of the molecule is CCN(CC(=O)O)C1CCN(C(=O)c2cc(Cl)ccc2OC(F)F)CC1. The predicted octanol–water partition coefficient (Wildman–Crippen LogP) is 2.95. The van der Waals surface area contributed by atoms with Crippen molar-refractivity contribution in [3.05, 3.63) is 28.8 Å². The van der Waals surface area contributed by atoms with Crippen molar-refractivity contribution in [1.82, 2.24) is 9.80 Å². The largest absolute Gasteiger partial charge is 0.480 e. The summed E-state index contributed by atoms with van der Waals surface area (Å²) in [5.41, 5.74) is -0.00543. The van der Waals surface area contributed by atoms with Gasteiger partial charge in [0.2, 0.25) is 0 Å². The van der Waals surface area contributed by atoms with Gasteiger partial charge in [-0.1, -0.05) is 18.5 Å². The van der Waals surface area contributed by atoms with E-state index in [4.69, 9.17) is 16.7 Å². The maximum absolute atomic E-state index is 12.7. The van der Waals surface area contributed by atoms with Crippen molar-refractivity contribution in [2.75, 3.05) is 26.2 Å². The number of carbonyl (C=O) groups is 2. The molecule has 9 heteroatoms. The summed E-state index contributed by atoms with van der Waals surface area (Å²) in [7, 11) is 0. The Hall–Kier alpha value is -1.93. The summed E-state index contributed by atoms with van der Waals surface area (Å²) in [4.78, 5) is 27.1. The fourth-order valence-electron chi connectivity index (χ4n) is 3.15. The minimum absolute atomic E-state index is 0.00543. The molecule has 6 nitrogen and oxygen atoms in total. The molecule has 0 spiro atoms. The molecular weight excluding hydrogens is 370 g/mol. The number of likely N-dealkylation sites (tertiary alicyclic amines) is 1. The molecule has 0 saturated carbocycles. The van der Waals surface area contributed by atoms with E-state index in [1.807, 2.05) is 11.8 Å². The number of hydrogen-bond acceptors (Lipinski definition) is 4. The summed E-state index contributed by atoms with van der Waals surface area (Å²) in [6.07, 6.45) is 1.22. The van der Waals surface area contributed by atoms with Crippen molar-refractivity contribution < 1.29 is 28.2 Å². The van der Waals surface area contributed by atoms with Crippen LogP contribution < -0.4 is 4.74 Å². The third kappa shape index (κ3) is 5.28. The molecule has 26 heavy (non-hydrogen) atoms. The zero-order chi connectivity index (χ0) is 19.3. The van der Waals surface area contributed by atoms with E-state index in [0.717, 1.165) is 0 Å². The first-order valence-corrected chi connectivity index (χ1v) is 8.69. The summed E-state index contributed by atoms with van der Waals surface area (Å²) in [6, 6.07) is 4.01. The second kappa shape index (κ2) is 9.14. The molecule has 144 valence electrons. The first kappa shape index (κ1) is 20.4. The molecule has 1 saturated heterocycles. The number of carboxylic acid groups (broad SMARTS) is 1. The van der Waals surface area contributed by atoms with E-state index in [1.165, 1.54) is 18.2 Å². The number of halogens is 3. The van der Waals surface area contributed by atoms with Gasteiger partial charge in [-0.3, -0.25) is 14.5 Å². The summed E-state index contributed by atoms with van der Waals surface area (Å²) in [5.74, 6) is -1.53. The van der Waals surface area contributed by atoms with Crippen LogP contribution in [0.3, 0.4) is 0 Å². The lowest BCUT2D eigenvalue weighted by Gasteiger charge is -2.37.